The quantitative estimate of drug-likeness (QED) is 0.812. The van der Waals surface area contributed by atoms with Gasteiger partial charge in [0.15, 0.2) is 0 Å². The topological polar surface area (TPSA) is 38.1 Å². The minimum absolute atomic E-state index is 0.0809. The Hall–Kier alpha value is -2.17. The fourth-order valence-electron chi connectivity index (χ4n) is 4.06. The number of halogens is 1. The summed E-state index contributed by atoms with van der Waals surface area (Å²) in [5, 5.41) is 0. The summed E-state index contributed by atoms with van der Waals surface area (Å²) in [6.07, 6.45) is 4.85. The van der Waals surface area contributed by atoms with E-state index in [1.807, 2.05) is 17.2 Å². The average Bonchev–Trinajstić information content (AvgIpc) is 3.10. The van der Waals surface area contributed by atoms with Crippen LogP contribution in [0.1, 0.15) is 32.0 Å². The van der Waals surface area contributed by atoms with E-state index in [4.69, 9.17) is 0 Å². The molecule has 0 N–H and O–H groups in total. The highest BCUT2D eigenvalue weighted by molar-refractivity contribution is 5.73. The third-order valence-electron chi connectivity index (χ3n) is 5.43. The maximum absolute atomic E-state index is 13.5. The highest BCUT2D eigenvalue weighted by Crippen LogP contribution is 2.44. The van der Waals surface area contributed by atoms with Crippen molar-refractivity contribution in [3.63, 3.8) is 0 Å². The molecule has 0 unspecified atom stereocenters. The highest BCUT2D eigenvalue weighted by atomic mass is 19.1. The molecule has 1 amide bonds. The first-order chi connectivity index (χ1) is 11.1. The van der Waals surface area contributed by atoms with Crippen LogP contribution in [0, 0.1) is 5.82 Å². The number of imidazole rings is 1. The second kappa shape index (κ2) is 5.18. The molecule has 2 aromatic rings. The van der Waals surface area contributed by atoms with Crippen LogP contribution in [0.15, 0.2) is 30.5 Å². The number of carbonyl (C=O) groups is 1. The molecular formula is C18H20FN3O. The summed E-state index contributed by atoms with van der Waals surface area (Å²) in [7, 11) is 0. The fraction of sp³-hybridized carbons (Fsp3) is 0.444. The summed E-state index contributed by atoms with van der Waals surface area (Å²) in [6.45, 7) is 4.16. The third kappa shape index (κ3) is 2.26. The van der Waals surface area contributed by atoms with Crippen LogP contribution in [0.25, 0.3) is 11.3 Å². The van der Waals surface area contributed by atoms with Gasteiger partial charge in [0, 0.05) is 37.5 Å². The maximum Gasteiger partial charge on any atom is 0.219 e. The number of hydrogen-bond donors (Lipinski definition) is 0. The Morgan fingerprint density at radius 1 is 1.22 bits per heavy atom. The van der Waals surface area contributed by atoms with Gasteiger partial charge in [-0.05, 0) is 31.4 Å². The van der Waals surface area contributed by atoms with E-state index in [9.17, 15) is 9.18 Å². The zero-order valence-corrected chi connectivity index (χ0v) is 13.3. The fourth-order valence-corrected chi connectivity index (χ4v) is 4.06. The van der Waals surface area contributed by atoms with Crippen LogP contribution in [-0.4, -0.2) is 33.4 Å². The predicted molar refractivity (Wildman–Crippen MR) is 85.4 cm³/mol. The van der Waals surface area contributed by atoms with Crippen molar-refractivity contribution in [2.45, 2.75) is 38.1 Å². The molecule has 0 atom stereocenters. The minimum Gasteiger partial charge on any atom is -0.343 e. The third-order valence-corrected chi connectivity index (χ3v) is 5.43. The van der Waals surface area contributed by atoms with E-state index < -0.39 is 0 Å². The Balaban J connectivity index is 1.66. The highest BCUT2D eigenvalue weighted by Gasteiger charge is 2.44. The van der Waals surface area contributed by atoms with Gasteiger partial charge < -0.3 is 9.47 Å². The van der Waals surface area contributed by atoms with Gasteiger partial charge in [-0.25, -0.2) is 9.37 Å². The first kappa shape index (κ1) is 14.4. The molecule has 2 aliphatic heterocycles. The Morgan fingerprint density at radius 2 is 1.96 bits per heavy atom. The summed E-state index contributed by atoms with van der Waals surface area (Å²) < 4.78 is 15.7. The van der Waals surface area contributed by atoms with Gasteiger partial charge in [0.2, 0.25) is 5.91 Å². The monoisotopic (exact) mass is 313 g/mol. The molecule has 1 aromatic carbocycles. The Labute approximate surface area is 134 Å². The average molecular weight is 313 g/mol. The van der Waals surface area contributed by atoms with Gasteiger partial charge in [0.05, 0.1) is 11.9 Å². The van der Waals surface area contributed by atoms with Gasteiger partial charge in [0.1, 0.15) is 11.6 Å². The molecule has 1 aromatic heterocycles. The van der Waals surface area contributed by atoms with Gasteiger partial charge in [-0.2, -0.15) is 0 Å². The summed E-state index contributed by atoms with van der Waals surface area (Å²) in [5.41, 5.74) is 1.95. The number of likely N-dealkylation sites (tertiary alicyclic amines) is 1. The van der Waals surface area contributed by atoms with Gasteiger partial charge >= 0.3 is 0 Å². The number of rotatable bonds is 1. The van der Waals surface area contributed by atoms with Crippen LogP contribution in [0.5, 0.6) is 0 Å². The summed E-state index contributed by atoms with van der Waals surface area (Å²) >= 11 is 0. The van der Waals surface area contributed by atoms with E-state index in [1.54, 1.807) is 19.1 Å². The number of piperidine rings is 1. The van der Waals surface area contributed by atoms with Crippen LogP contribution >= 0.6 is 0 Å². The summed E-state index contributed by atoms with van der Waals surface area (Å²) in [4.78, 5) is 18.1. The van der Waals surface area contributed by atoms with Crippen molar-refractivity contribution in [2.75, 3.05) is 13.1 Å². The van der Waals surface area contributed by atoms with Crippen LogP contribution < -0.4 is 0 Å². The van der Waals surface area contributed by atoms with E-state index in [0.29, 0.717) is 0 Å². The molecule has 3 heterocycles. The van der Waals surface area contributed by atoms with Crippen molar-refractivity contribution in [1.29, 1.82) is 0 Å². The number of benzene rings is 1. The maximum atomic E-state index is 13.5. The van der Waals surface area contributed by atoms with Crippen molar-refractivity contribution in [1.82, 2.24) is 14.5 Å². The molecule has 23 heavy (non-hydrogen) atoms. The zero-order chi connectivity index (χ0) is 16.0. The smallest absolute Gasteiger partial charge is 0.219 e. The first-order valence-electron chi connectivity index (χ1n) is 8.17. The van der Waals surface area contributed by atoms with Crippen molar-refractivity contribution in [3.8, 4) is 11.3 Å². The van der Waals surface area contributed by atoms with Crippen molar-refractivity contribution in [3.05, 3.63) is 42.1 Å². The first-order valence-corrected chi connectivity index (χ1v) is 8.17. The molecule has 1 saturated heterocycles. The number of aromatic nitrogens is 2. The number of hydrogen-bond acceptors (Lipinski definition) is 2. The lowest BCUT2D eigenvalue weighted by Crippen LogP contribution is -2.43. The van der Waals surface area contributed by atoms with E-state index in [2.05, 4.69) is 9.55 Å². The molecule has 2 aliphatic rings. The molecule has 1 spiro atoms. The van der Waals surface area contributed by atoms with E-state index in [0.717, 1.165) is 56.0 Å². The van der Waals surface area contributed by atoms with Gasteiger partial charge in [-0.15, -0.1) is 0 Å². The summed E-state index contributed by atoms with van der Waals surface area (Å²) in [6, 6.07) is 6.69. The van der Waals surface area contributed by atoms with E-state index in [-0.39, 0.29) is 17.1 Å². The van der Waals surface area contributed by atoms with Crippen molar-refractivity contribution < 1.29 is 9.18 Å². The largest absolute Gasteiger partial charge is 0.343 e. The zero-order valence-electron chi connectivity index (χ0n) is 13.3. The molecule has 0 saturated carbocycles. The second-order valence-corrected chi connectivity index (χ2v) is 6.67. The minimum atomic E-state index is -0.222. The predicted octanol–water partition coefficient (Wildman–Crippen LogP) is 2.97. The van der Waals surface area contributed by atoms with E-state index >= 15 is 0 Å². The van der Waals surface area contributed by atoms with Gasteiger partial charge in [0.25, 0.3) is 0 Å². The van der Waals surface area contributed by atoms with Crippen LogP contribution in [0.3, 0.4) is 0 Å². The molecule has 0 radical (unpaired) electrons. The molecule has 0 aliphatic carbocycles. The molecule has 1 fully saturated rings. The number of nitrogens with zero attached hydrogens (tertiary/aromatic N) is 3. The lowest BCUT2D eigenvalue weighted by molar-refractivity contribution is -0.130. The van der Waals surface area contributed by atoms with Gasteiger partial charge in [-0.1, -0.05) is 12.1 Å². The van der Waals surface area contributed by atoms with Crippen LogP contribution in [0.4, 0.5) is 4.39 Å². The molecule has 0 bridgehead atoms. The van der Waals surface area contributed by atoms with Crippen LogP contribution in [-0.2, 0) is 16.8 Å². The molecule has 4 rings (SSSR count). The molecule has 5 heteroatoms. The Morgan fingerprint density at radius 3 is 2.65 bits per heavy atom. The van der Waals surface area contributed by atoms with Crippen molar-refractivity contribution in [2.24, 2.45) is 0 Å². The Bertz CT molecular complexity index is 759. The van der Waals surface area contributed by atoms with Crippen molar-refractivity contribution >= 4 is 5.91 Å². The van der Waals surface area contributed by atoms with Crippen LogP contribution in [0.2, 0.25) is 0 Å². The SMILES string of the molecule is CC(=O)N1CCC2(CC1)CCn1c(-c3cccc(F)c3)cnc12. The molecule has 120 valence electrons. The molecule has 4 nitrogen and oxygen atoms in total. The lowest BCUT2D eigenvalue weighted by atomic mass is 9.76. The normalized spacial score (nSPS) is 19.1. The van der Waals surface area contributed by atoms with Gasteiger partial charge in [-0.3, -0.25) is 4.79 Å². The number of fused-ring (bicyclic) bond motifs is 2. The Kier molecular flexibility index (Phi) is 3.25. The molecular weight excluding hydrogens is 293 g/mol. The number of amides is 1. The summed E-state index contributed by atoms with van der Waals surface area (Å²) in [5.74, 6) is 1.04. The number of carbonyl (C=O) groups excluding carboxylic acids is 1. The standard InChI is InChI=1S/C18H20FN3O/c1-13(23)21-8-5-18(6-9-21)7-10-22-16(12-20-17(18)22)14-3-2-4-15(19)11-14/h2-4,11-12H,5-10H2,1H3. The lowest BCUT2D eigenvalue weighted by Gasteiger charge is -2.38. The van der Waals surface area contributed by atoms with E-state index in [1.165, 1.54) is 6.07 Å². The second-order valence-electron chi connectivity index (χ2n) is 6.67.